The number of morpholine rings is 1. The summed E-state index contributed by atoms with van der Waals surface area (Å²) >= 11 is 0. The molecule has 4 nitrogen and oxygen atoms in total. The van der Waals surface area contributed by atoms with Crippen LogP contribution >= 0.6 is 0 Å². The molecule has 1 saturated heterocycles. The van der Waals surface area contributed by atoms with Crippen LogP contribution in [0.15, 0.2) is 24.3 Å². The fraction of sp³-hybridized carbons (Fsp3) is 0.526. The van der Waals surface area contributed by atoms with E-state index < -0.39 is 5.60 Å². The third kappa shape index (κ3) is 3.46. The van der Waals surface area contributed by atoms with Crippen molar-refractivity contribution in [1.82, 2.24) is 4.90 Å². The number of carbonyl (C=O) groups excluding carboxylic acids is 1. The highest BCUT2D eigenvalue weighted by Gasteiger charge is 2.40. The molecule has 0 N–H and O–H groups in total. The molecule has 0 radical (unpaired) electrons. The number of hydrogen-bond acceptors (Lipinski definition) is 3. The van der Waals surface area contributed by atoms with Crippen LogP contribution in [0.3, 0.4) is 0 Å². The fourth-order valence-corrected chi connectivity index (χ4v) is 3.25. The standard InChI is InChI=1S/C19H24FNO3/c1-12-7-13(5-6-17(12)20)14-8-15-10-23-11-16(9-14)21(15)18(22)24-19(2,3)4/h5-8,15-16H,9-11H2,1-4H3. The van der Waals surface area contributed by atoms with Crippen LogP contribution in [-0.2, 0) is 9.47 Å². The van der Waals surface area contributed by atoms with Crippen LogP contribution in [0.25, 0.3) is 5.57 Å². The van der Waals surface area contributed by atoms with Crippen molar-refractivity contribution in [3.8, 4) is 0 Å². The number of amides is 1. The molecule has 0 aliphatic carbocycles. The Morgan fingerprint density at radius 1 is 1.33 bits per heavy atom. The molecule has 1 amide bonds. The molecule has 2 aliphatic heterocycles. The van der Waals surface area contributed by atoms with Crippen molar-refractivity contribution in [3.63, 3.8) is 0 Å². The largest absolute Gasteiger partial charge is 0.444 e. The van der Waals surface area contributed by atoms with Crippen molar-refractivity contribution < 1.29 is 18.7 Å². The van der Waals surface area contributed by atoms with Gasteiger partial charge in [-0.1, -0.05) is 12.1 Å². The minimum Gasteiger partial charge on any atom is -0.444 e. The summed E-state index contributed by atoms with van der Waals surface area (Å²) < 4.78 is 24.7. The number of benzene rings is 1. The molecule has 130 valence electrons. The van der Waals surface area contributed by atoms with E-state index >= 15 is 0 Å². The van der Waals surface area contributed by atoms with Crippen molar-refractivity contribution in [2.75, 3.05) is 13.2 Å². The van der Waals surface area contributed by atoms with Crippen LogP contribution in [0.4, 0.5) is 9.18 Å². The van der Waals surface area contributed by atoms with Crippen molar-refractivity contribution in [2.45, 2.75) is 51.8 Å². The summed E-state index contributed by atoms with van der Waals surface area (Å²) in [6.07, 6.45) is 2.43. The summed E-state index contributed by atoms with van der Waals surface area (Å²) in [7, 11) is 0. The van der Waals surface area contributed by atoms with Crippen molar-refractivity contribution >= 4 is 11.7 Å². The average molecular weight is 333 g/mol. The fourth-order valence-electron chi connectivity index (χ4n) is 3.25. The summed E-state index contributed by atoms with van der Waals surface area (Å²) in [5.74, 6) is -0.200. The molecule has 2 heterocycles. The van der Waals surface area contributed by atoms with Crippen molar-refractivity contribution in [1.29, 1.82) is 0 Å². The minimum atomic E-state index is -0.524. The van der Waals surface area contributed by atoms with Gasteiger partial charge >= 0.3 is 6.09 Å². The number of carbonyl (C=O) groups is 1. The molecule has 2 bridgehead atoms. The molecule has 1 aromatic rings. The van der Waals surface area contributed by atoms with Gasteiger partial charge in [-0.3, -0.25) is 4.90 Å². The van der Waals surface area contributed by atoms with E-state index in [0.717, 1.165) is 11.1 Å². The number of nitrogens with zero attached hydrogens (tertiary/aromatic N) is 1. The van der Waals surface area contributed by atoms with Crippen molar-refractivity contribution in [3.05, 3.63) is 41.2 Å². The van der Waals surface area contributed by atoms with Crippen LogP contribution in [0, 0.1) is 12.7 Å². The molecule has 2 atom stereocenters. The predicted octanol–water partition coefficient (Wildman–Crippen LogP) is 3.93. The van der Waals surface area contributed by atoms with E-state index in [1.807, 2.05) is 32.9 Å². The number of halogens is 1. The number of rotatable bonds is 1. The quantitative estimate of drug-likeness (QED) is 0.782. The Morgan fingerprint density at radius 3 is 2.71 bits per heavy atom. The molecule has 24 heavy (non-hydrogen) atoms. The Bertz CT molecular complexity index is 678. The van der Waals surface area contributed by atoms with Gasteiger partial charge in [0.05, 0.1) is 25.3 Å². The van der Waals surface area contributed by atoms with E-state index in [9.17, 15) is 9.18 Å². The second kappa shape index (κ2) is 6.20. The first-order valence-corrected chi connectivity index (χ1v) is 8.31. The molecule has 1 fully saturated rings. The number of fused-ring (bicyclic) bond motifs is 2. The van der Waals surface area contributed by atoms with Crippen LogP contribution in [0.2, 0.25) is 0 Å². The van der Waals surface area contributed by atoms with Crippen LogP contribution in [0.5, 0.6) is 0 Å². The lowest BCUT2D eigenvalue weighted by Crippen LogP contribution is -2.57. The summed E-state index contributed by atoms with van der Waals surface area (Å²) in [6, 6.07) is 4.96. The maximum absolute atomic E-state index is 13.5. The van der Waals surface area contributed by atoms with Crippen LogP contribution < -0.4 is 0 Å². The first-order valence-electron chi connectivity index (χ1n) is 8.31. The lowest BCUT2D eigenvalue weighted by molar-refractivity contribution is -0.0510. The molecule has 0 spiro atoms. The Hall–Kier alpha value is -1.88. The molecule has 3 rings (SSSR count). The first kappa shape index (κ1) is 17.0. The SMILES string of the molecule is Cc1cc(C2=CC3COCC(C2)N3C(=O)OC(C)(C)C)ccc1F. The molecule has 2 aliphatic rings. The topological polar surface area (TPSA) is 38.8 Å². The van der Waals surface area contributed by atoms with Gasteiger partial charge in [-0.15, -0.1) is 0 Å². The van der Waals surface area contributed by atoms with Gasteiger partial charge in [0.2, 0.25) is 0 Å². The van der Waals surface area contributed by atoms with Gasteiger partial charge in [0.15, 0.2) is 0 Å². The molecular weight excluding hydrogens is 309 g/mol. The molecule has 2 unspecified atom stereocenters. The highest BCUT2D eigenvalue weighted by molar-refractivity contribution is 5.75. The van der Waals surface area contributed by atoms with Gasteiger partial charge in [0.1, 0.15) is 11.4 Å². The molecule has 0 aromatic heterocycles. The lowest BCUT2D eigenvalue weighted by Gasteiger charge is -2.44. The zero-order valence-electron chi connectivity index (χ0n) is 14.6. The number of hydrogen-bond donors (Lipinski definition) is 0. The maximum Gasteiger partial charge on any atom is 0.411 e. The number of aryl methyl sites for hydroxylation is 1. The minimum absolute atomic E-state index is 0.0519. The first-order chi connectivity index (χ1) is 11.2. The maximum atomic E-state index is 13.5. The third-order valence-electron chi connectivity index (χ3n) is 4.33. The highest BCUT2D eigenvalue weighted by atomic mass is 19.1. The van der Waals surface area contributed by atoms with Gasteiger partial charge < -0.3 is 9.47 Å². The highest BCUT2D eigenvalue weighted by Crippen LogP contribution is 2.34. The molecular formula is C19H24FNO3. The van der Waals surface area contributed by atoms with E-state index in [0.29, 0.717) is 25.2 Å². The second-order valence-electron chi connectivity index (χ2n) is 7.51. The molecule has 5 heteroatoms. The summed E-state index contributed by atoms with van der Waals surface area (Å²) in [5.41, 5.74) is 2.25. The van der Waals surface area contributed by atoms with Crippen molar-refractivity contribution in [2.24, 2.45) is 0 Å². The predicted molar refractivity (Wildman–Crippen MR) is 90.2 cm³/mol. The van der Waals surface area contributed by atoms with Gasteiger partial charge in [0.25, 0.3) is 0 Å². The number of ether oxygens (including phenoxy) is 2. The smallest absolute Gasteiger partial charge is 0.411 e. The Balaban J connectivity index is 1.87. The van der Waals surface area contributed by atoms with Gasteiger partial charge in [-0.2, -0.15) is 0 Å². The van der Waals surface area contributed by atoms with E-state index in [4.69, 9.17) is 9.47 Å². The van der Waals surface area contributed by atoms with E-state index in [2.05, 4.69) is 0 Å². The Kier molecular flexibility index (Phi) is 4.38. The van der Waals surface area contributed by atoms with E-state index in [-0.39, 0.29) is 24.0 Å². The zero-order chi connectivity index (χ0) is 17.5. The molecule has 1 aromatic carbocycles. The monoisotopic (exact) mass is 333 g/mol. The normalized spacial score (nSPS) is 23.7. The lowest BCUT2D eigenvalue weighted by atomic mass is 9.89. The molecule has 0 saturated carbocycles. The van der Waals surface area contributed by atoms with Crippen LogP contribution in [0.1, 0.15) is 38.3 Å². The summed E-state index contributed by atoms with van der Waals surface area (Å²) in [5, 5.41) is 0. The van der Waals surface area contributed by atoms with Crippen LogP contribution in [-0.4, -0.2) is 41.9 Å². The van der Waals surface area contributed by atoms with E-state index in [1.54, 1.807) is 17.9 Å². The Labute approximate surface area is 142 Å². The summed E-state index contributed by atoms with van der Waals surface area (Å²) in [6.45, 7) is 8.31. The summed E-state index contributed by atoms with van der Waals surface area (Å²) in [4.78, 5) is 14.3. The second-order valence-corrected chi connectivity index (χ2v) is 7.51. The third-order valence-corrected chi connectivity index (χ3v) is 4.33. The van der Waals surface area contributed by atoms with Gasteiger partial charge in [-0.05, 0) is 62.9 Å². The Morgan fingerprint density at radius 2 is 2.08 bits per heavy atom. The zero-order valence-corrected chi connectivity index (χ0v) is 14.6. The van der Waals surface area contributed by atoms with E-state index in [1.165, 1.54) is 6.07 Å². The van der Waals surface area contributed by atoms with Gasteiger partial charge in [0, 0.05) is 0 Å². The van der Waals surface area contributed by atoms with Gasteiger partial charge in [-0.25, -0.2) is 9.18 Å². The average Bonchev–Trinajstić information content (AvgIpc) is 2.47.